The number of carbonyl (C=O) groups excluding carboxylic acids is 2. The number of benzene rings is 2. The van der Waals surface area contributed by atoms with Crippen molar-refractivity contribution in [2.45, 2.75) is 4.90 Å². The van der Waals surface area contributed by atoms with Crippen molar-refractivity contribution in [1.29, 1.82) is 0 Å². The summed E-state index contributed by atoms with van der Waals surface area (Å²) in [7, 11) is -3.85. The second kappa shape index (κ2) is 7.65. The Balaban J connectivity index is 1.97. The lowest BCUT2D eigenvalue weighted by atomic mass is 10.2. The molecule has 2 rings (SSSR count). The molecule has 0 saturated heterocycles. The zero-order valence-corrected chi connectivity index (χ0v) is 14.5. The average Bonchev–Trinajstić information content (AvgIpc) is 2.53. The van der Waals surface area contributed by atoms with Gasteiger partial charge >= 0.3 is 0 Å². The molecule has 0 fully saturated rings. The Morgan fingerprint density at radius 1 is 0.917 bits per heavy atom. The molecule has 24 heavy (non-hydrogen) atoms. The summed E-state index contributed by atoms with van der Waals surface area (Å²) in [4.78, 5) is 23.6. The molecule has 9 heteroatoms. The summed E-state index contributed by atoms with van der Waals surface area (Å²) < 4.78 is 24.2. The molecule has 0 bridgehead atoms. The molecule has 6 nitrogen and oxygen atoms in total. The molecule has 0 radical (unpaired) electrons. The molecular formula is C15H12Cl2N2O4S. The predicted octanol–water partition coefficient (Wildman–Crippen LogP) is 2.23. The van der Waals surface area contributed by atoms with Crippen molar-refractivity contribution < 1.29 is 18.0 Å². The molecule has 0 saturated carbocycles. The molecule has 126 valence electrons. The van der Waals surface area contributed by atoms with Crippen LogP contribution in [0, 0.1) is 0 Å². The number of hydrazine groups is 1. The molecule has 0 unspecified atom stereocenters. The lowest BCUT2D eigenvalue weighted by Gasteiger charge is -2.09. The molecule has 0 aliphatic rings. The van der Waals surface area contributed by atoms with Gasteiger partial charge in [0.05, 0.1) is 15.5 Å². The van der Waals surface area contributed by atoms with Crippen LogP contribution in [0.15, 0.2) is 53.4 Å². The number of sulfone groups is 1. The number of nitrogens with one attached hydrogen (secondary N) is 2. The topological polar surface area (TPSA) is 92.3 Å². The minimum Gasteiger partial charge on any atom is -0.272 e. The van der Waals surface area contributed by atoms with Crippen molar-refractivity contribution in [1.82, 2.24) is 10.9 Å². The summed E-state index contributed by atoms with van der Waals surface area (Å²) in [6.45, 7) is 0. The van der Waals surface area contributed by atoms with E-state index in [2.05, 4.69) is 5.43 Å². The number of hydrogen-bond donors (Lipinski definition) is 2. The van der Waals surface area contributed by atoms with E-state index in [-0.39, 0.29) is 15.5 Å². The van der Waals surface area contributed by atoms with Gasteiger partial charge in [0.2, 0.25) is 0 Å². The fourth-order valence-electron chi connectivity index (χ4n) is 1.77. The summed E-state index contributed by atoms with van der Waals surface area (Å²) in [5.74, 6) is -2.36. The van der Waals surface area contributed by atoms with Crippen molar-refractivity contribution in [3.63, 3.8) is 0 Å². The highest BCUT2D eigenvalue weighted by molar-refractivity contribution is 7.92. The Labute approximate surface area is 148 Å². The zero-order chi connectivity index (χ0) is 17.7. The van der Waals surface area contributed by atoms with Crippen LogP contribution in [0.2, 0.25) is 10.0 Å². The van der Waals surface area contributed by atoms with Crippen molar-refractivity contribution in [3.05, 3.63) is 64.1 Å². The molecule has 0 aliphatic carbocycles. The Bertz CT molecular complexity index is 867. The molecule has 0 spiro atoms. The number of rotatable bonds is 4. The average molecular weight is 387 g/mol. The fraction of sp³-hybridized carbons (Fsp3) is 0.0667. The van der Waals surface area contributed by atoms with E-state index in [9.17, 15) is 18.0 Å². The van der Waals surface area contributed by atoms with Gasteiger partial charge in [-0.3, -0.25) is 20.4 Å². The summed E-state index contributed by atoms with van der Waals surface area (Å²) in [6, 6.07) is 11.7. The number of amides is 2. The van der Waals surface area contributed by atoms with Gasteiger partial charge in [0, 0.05) is 5.02 Å². The van der Waals surface area contributed by atoms with Gasteiger partial charge in [0.1, 0.15) is 5.75 Å². The number of carbonyl (C=O) groups is 2. The molecule has 0 aliphatic heterocycles. The van der Waals surface area contributed by atoms with Gasteiger partial charge in [-0.05, 0) is 36.4 Å². The first kappa shape index (κ1) is 18.3. The lowest BCUT2D eigenvalue weighted by Crippen LogP contribution is -2.44. The number of hydrogen-bond acceptors (Lipinski definition) is 4. The van der Waals surface area contributed by atoms with Crippen LogP contribution in [0.3, 0.4) is 0 Å². The van der Waals surface area contributed by atoms with Crippen LogP contribution in [0.5, 0.6) is 0 Å². The van der Waals surface area contributed by atoms with Gasteiger partial charge < -0.3 is 0 Å². The van der Waals surface area contributed by atoms with Crippen LogP contribution in [-0.4, -0.2) is 26.0 Å². The van der Waals surface area contributed by atoms with Crippen LogP contribution in [0.1, 0.15) is 10.4 Å². The third kappa shape index (κ3) is 4.70. The molecular weight excluding hydrogens is 375 g/mol. The van der Waals surface area contributed by atoms with Crippen LogP contribution < -0.4 is 10.9 Å². The smallest absolute Gasteiger partial charge is 0.271 e. The van der Waals surface area contributed by atoms with E-state index in [1.165, 1.54) is 36.4 Å². The standard InChI is InChI=1S/C15H12Cl2N2O4S/c16-10-5-7-11(8-6-10)24(22,23)9-14(20)18-19-15(21)12-3-1-2-4-13(12)17/h1-8H,9H2,(H,18,20)(H,19,21). The van der Waals surface area contributed by atoms with Crippen molar-refractivity contribution >= 4 is 44.9 Å². The second-order valence-corrected chi connectivity index (χ2v) is 7.53. The first-order valence-electron chi connectivity index (χ1n) is 6.61. The van der Waals surface area contributed by atoms with Crippen molar-refractivity contribution in [3.8, 4) is 0 Å². The molecule has 0 atom stereocenters. The van der Waals surface area contributed by atoms with Crippen LogP contribution in [0.4, 0.5) is 0 Å². The van der Waals surface area contributed by atoms with E-state index < -0.39 is 27.4 Å². The molecule has 2 amide bonds. The van der Waals surface area contributed by atoms with Crippen LogP contribution in [0.25, 0.3) is 0 Å². The highest BCUT2D eigenvalue weighted by atomic mass is 35.5. The molecule has 2 aromatic rings. The summed E-state index contributed by atoms with van der Waals surface area (Å²) in [5.41, 5.74) is 4.31. The van der Waals surface area contributed by atoms with Gasteiger partial charge in [0.25, 0.3) is 11.8 Å². The Morgan fingerprint density at radius 3 is 2.17 bits per heavy atom. The maximum atomic E-state index is 12.1. The van der Waals surface area contributed by atoms with Gasteiger partial charge in [0.15, 0.2) is 9.84 Å². The summed E-state index contributed by atoms with van der Waals surface area (Å²) in [5, 5.41) is 0.587. The highest BCUT2D eigenvalue weighted by Gasteiger charge is 2.20. The summed E-state index contributed by atoms with van der Waals surface area (Å²) >= 11 is 11.5. The van der Waals surface area contributed by atoms with Gasteiger partial charge in [-0.25, -0.2) is 8.42 Å². The quantitative estimate of drug-likeness (QED) is 0.787. The van der Waals surface area contributed by atoms with E-state index in [1.54, 1.807) is 12.1 Å². The minimum absolute atomic E-state index is 0.0421. The maximum Gasteiger partial charge on any atom is 0.271 e. The van der Waals surface area contributed by atoms with E-state index in [0.29, 0.717) is 5.02 Å². The first-order valence-corrected chi connectivity index (χ1v) is 9.02. The number of halogens is 2. The van der Waals surface area contributed by atoms with Crippen LogP contribution >= 0.6 is 23.2 Å². The minimum atomic E-state index is -3.85. The maximum absolute atomic E-state index is 12.1. The Hall–Kier alpha value is -2.09. The third-order valence-electron chi connectivity index (χ3n) is 2.93. The zero-order valence-electron chi connectivity index (χ0n) is 12.1. The molecule has 2 aromatic carbocycles. The first-order chi connectivity index (χ1) is 11.3. The molecule has 2 N–H and O–H groups in total. The Kier molecular flexibility index (Phi) is 5.82. The van der Waals surface area contributed by atoms with Crippen LogP contribution in [-0.2, 0) is 14.6 Å². The monoisotopic (exact) mass is 386 g/mol. The predicted molar refractivity (Wildman–Crippen MR) is 90.6 cm³/mol. The van der Waals surface area contributed by atoms with E-state index >= 15 is 0 Å². The highest BCUT2D eigenvalue weighted by Crippen LogP contribution is 2.16. The van der Waals surface area contributed by atoms with Gasteiger partial charge in [-0.2, -0.15) is 0 Å². The van der Waals surface area contributed by atoms with Crippen molar-refractivity contribution in [2.75, 3.05) is 5.75 Å². The Morgan fingerprint density at radius 2 is 1.54 bits per heavy atom. The lowest BCUT2D eigenvalue weighted by molar-refractivity contribution is -0.119. The van der Waals surface area contributed by atoms with E-state index in [4.69, 9.17) is 23.2 Å². The second-order valence-electron chi connectivity index (χ2n) is 4.70. The molecule has 0 heterocycles. The third-order valence-corrected chi connectivity index (χ3v) is 5.14. The van der Waals surface area contributed by atoms with Gasteiger partial charge in [-0.1, -0.05) is 35.3 Å². The van der Waals surface area contributed by atoms with Gasteiger partial charge in [-0.15, -0.1) is 0 Å². The van der Waals surface area contributed by atoms with E-state index in [0.717, 1.165) is 0 Å². The normalized spacial score (nSPS) is 10.9. The SMILES string of the molecule is O=C(CS(=O)(=O)c1ccc(Cl)cc1)NNC(=O)c1ccccc1Cl. The van der Waals surface area contributed by atoms with E-state index in [1.807, 2.05) is 5.43 Å². The van der Waals surface area contributed by atoms with Crippen molar-refractivity contribution in [2.24, 2.45) is 0 Å². The largest absolute Gasteiger partial charge is 0.272 e. The molecule has 0 aromatic heterocycles. The fourth-order valence-corrected chi connectivity index (χ4v) is 3.26. The summed E-state index contributed by atoms with van der Waals surface area (Å²) in [6.07, 6.45) is 0.